The van der Waals surface area contributed by atoms with Crippen LogP contribution in [0.5, 0.6) is 5.75 Å². The molecule has 0 heterocycles. The van der Waals surface area contributed by atoms with Crippen LogP contribution in [0.1, 0.15) is 32.4 Å². The smallest absolute Gasteiger partial charge is 0.119 e. The Bertz CT molecular complexity index is 551. The number of aliphatic hydroxyl groups excluding tert-OH is 1. The Balaban J connectivity index is 2.95. The monoisotopic (exact) mass is 288 g/mol. The topological polar surface area (TPSA) is 71.0 Å². The molecule has 114 valence electrons. The van der Waals surface area contributed by atoms with Crippen molar-refractivity contribution in [2.24, 2.45) is 0 Å². The third-order valence-electron chi connectivity index (χ3n) is 2.33. The van der Waals surface area contributed by atoms with E-state index in [1.165, 1.54) is 31.4 Å². The van der Waals surface area contributed by atoms with Gasteiger partial charge in [-0.15, -0.1) is 0 Å². The summed E-state index contributed by atoms with van der Waals surface area (Å²) in [5, 5.41) is 22.3. The lowest BCUT2D eigenvalue weighted by molar-refractivity contribution is 0.0643. The summed E-state index contributed by atoms with van der Waals surface area (Å²) in [6, 6.07) is 5.25. The fraction of sp³-hybridized carbons (Fsp3) is 0.600. The molecule has 0 aliphatic heterocycles. The molecule has 0 bridgehead atoms. The van der Waals surface area contributed by atoms with Gasteiger partial charge in [-0.05, 0) is 17.7 Å². The van der Waals surface area contributed by atoms with Crippen LogP contribution in [0.4, 0.5) is 0 Å². The third kappa shape index (κ3) is 6.34. The molecule has 1 aromatic rings. The van der Waals surface area contributed by atoms with Crippen molar-refractivity contribution in [3.05, 3.63) is 29.8 Å². The lowest BCUT2D eigenvalue weighted by Crippen LogP contribution is -2.35. The van der Waals surface area contributed by atoms with Crippen LogP contribution in [0.15, 0.2) is 24.3 Å². The van der Waals surface area contributed by atoms with Gasteiger partial charge >= 0.3 is 0 Å². The minimum atomic E-state index is -3.22. The highest BCUT2D eigenvalue weighted by Gasteiger charge is 2.08. The average molecular weight is 288 g/mol. The van der Waals surface area contributed by atoms with E-state index in [9.17, 15) is 10.2 Å². The van der Waals surface area contributed by atoms with Gasteiger partial charge in [-0.2, -0.15) is 0 Å². The zero-order valence-corrected chi connectivity index (χ0v) is 11.9. The minimum absolute atomic E-state index is 0.0237. The van der Waals surface area contributed by atoms with Crippen LogP contribution < -0.4 is 10.1 Å². The maximum Gasteiger partial charge on any atom is 0.119 e. The molecular weight excluding hydrogens is 258 g/mol. The molecule has 0 saturated heterocycles. The van der Waals surface area contributed by atoms with Gasteiger partial charge in [0.1, 0.15) is 24.5 Å². The summed E-state index contributed by atoms with van der Waals surface area (Å²) in [4.78, 5) is 0. The average Bonchev–Trinajstić information content (AvgIpc) is 2.46. The number of benzene rings is 1. The first-order valence-corrected chi connectivity index (χ1v) is 6.30. The normalized spacial score (nSPS) is 21.0. The molecule has 0 amide bonds. The van der Waals surface area contributed by atoms with Gasteiger partial charge in [-0.1, -0.05) is 26.0 Å². The fourth-order valence-corrected chi connectivity index (χ4v) is 1.36. The molecule has 0 aliphatic rings. The van der Waals surface area contributed by atoms with Gasteiger partial charge in [0.2, 0.25) is 0 Å². The molecule has 0 spiro atoms. The molecule has 1 rings (SSSR count). The Morgan fingerprint density at radius 3 is 2.50 bits per heavy atom. The van der Waals surface area contributed by atoms with Crippen LogP contribution in [0.2, 0.25) is 0 Å². The summed E-state index contributed by atoms with van der Waals surface area (Å²) in [6.45, 7) is -2.51. The van der Waals surface area contributed by atoms with Crippen molar-refractivity contribution in [3.8, 4) is 5.75 Å². The molecule has 5 nitrogen and oxygen atoms in total. The summed E-state index contributed by atoms with van der Waals surface area (Å²) in [6.07, 6.45) is -4.08. The van der Waals surface area contributed by atoms with Crippen LogP contribution in [-0.4, -0.2) is 49.1 Å². The van der Waals surface area contributed by atoms with Crippen LogP contribution in [0.25, 0.3) is 0 Å². The Morgan fingerprint density at radius 2 is 1.95 bits per heavy atom. The van der Waals surface area contributed by atoms with Crippen molar-refractivity contribution in [1.29, 1.82) is 0 Å². The van der Waals surface area contributed by atoms with Gasteiger partial charge in [0.25, 0.3) is 0 Å². The molecule has 0 aromatic heterocycles. The van der Waals surface area contributed by atoms with Gasteiger partial charge in [0.05, 0.1) is 10.7 Å². The molecule has 0 aliphatic carbocycles. The van der Waals surface area contributed by atoms with Crippen LogP contribution in [0.3, 0.4) is 0 Å². The molecule has 5 heteroatoms. The molecule has 0 saturated carbocycles. The van der Waals surface area contributed by atoms with Crippen molar-refractivity contribution >= 4 is 0 Å². The Labute approximate surface area is 127 Å². The Hall–Kier alpha value is -1.14. The van der Waals surface area contributed by atoms with Crippen molar-refractivity contribution in [1.82, 2.24) is 5.32 Å². The number of methoxy groups -OCH3 is 1. The second-order valence-electron chi connectivity index (χ2n) is 4.52. The maximum atomic E-state index is 10.2. The molecule has 2 unspecified atom stereocenters. The van der Waals surface area contributed by atoms with Gasteiger partial charge in [-0.3, -0.25) is 0 Å². The summed E-state index contributed by atoms with van der Waals surface area (Å²) in [5.74, 6) is -0.0237. The number of nitrogens with one attached hydrogen (secondary N) is 1. The van der Waals surface area contributed by atoms with E-state index in [0.29, 0.717) is 5.56 Å². The van der Waals surface area contributed by atoms with E-state index in [0.717, 1.165) is 0 Å². The van der Waals surface area contributed by atoms with Crippen LogP contribution in [0, 0.1) is 0 Å². The standard InChI is InChI=1S/C15H25NO4/c1-11(2)16-8-13(17)9-20-14-6-4-12(5-7-14)15(18)10-19-3/h4-7,11,13,15-18H,8-10H2,1-3H3/i8D2,9D2,13D. The van der Waals surface area contributed by atoms with Gasteiger partial charge in [-0.25, -0.2) is 0 Å². The number of rotatable bonds is 9. The lowest BCUT2D eigenvalue weighted by atomic mass is 10.1. The van der Waals surface area contributed by atoms with Crippen molar-refractivity contribution in [3.63, 3.8) is 0 Å². The second kappa shape index (κ2) is 8.92. The van der Waals surface area contributed by atoms with E-state index in [4.69, 9.17) is 16.3 Å². The van der Waals surface area contributed by atoms with Crippen LogP contribution in [-0.2, 0) is 4.74 Å². The first-order chi connectivity index (χ1) is 11.3. The first kappa shape index (κ1) is 10.6. The van der Waals surface area contributed by atoms with E-state index in [1.807, 2.05) is 0 Å². The number of ether oxygens (including phenoxy) is 2. The number of hydrogen-bond donors (Lipinski definition) is 3. The summed E-state index contributed by atoms with van der Waals surface area (Å²) in [7, 11) is 1.45. The molecule has 1 aromatic carbocycles. The maximum absolute atomic E-state index is 10.2. The van der Waals surface area contributed by atoms with Gasteiger partial charge in [0, 0.05) is 22.4 Å². The predicted molar refractivity (Wildman–Crippen MR) is 77.9 cm³/mol. The van der Waals surface area contributed by atoms with Crippen molar-refractivity contribution < 1.29 is 26.5 Å². The van der Waals surface area contributed by atoms with E-state index in [1.54, 1.807) is 13.8 Å². The van der Waals surface area contributed by atoms with Crippen molar-refractivity contribution in [2.75, 3.05) is 26.8 Å². The van der Waals surface area contributed by atoms with E-state index in [2.05, 4.69) is 5.32 Å². The summed E-state index contributed by atoms with van der Waals surface area (Å²) >= 11 is 0. The second-order valence-corrected chi connectivity index (χ2v) is 4.52. The highest BCUT2D eigenvalue weighted by molar-refractivity contribution is 5.28. The number of hydrogen-bond acceptors (Lipinski definition) is 5. The Kier molecular flexibility index (Phi) is 4.71. The van der Waals surface area contributed by atoms with E-state index >= 15 is 0 Å². The first-order valence-electron chi connectivity index (χ1n) is 8.80. The largest absolute Gasteiger partial charge is 0.491 e. The van der Waals surface area contributed by atoms with Gasteiger partial charge < -0.3 is 25.0 Å². The summed E-state index contributed by atoms with van der Waals surface area (Å²) < 4.78 is 48.9. The SMILES string of the molecule is [2H]C([2H])(NC(C)C)C([2H])(O)C([2H])([2H])Oc1ccc(C(O)COC)cc1. The highest BCUT2D eigenvalue weighted by atomic mass is 16.5. The molecule has 3 N–H and O–H groups in total. The highest BCUT2D eigenvalue weighted by Crippen LogP contribution is 2.18. The lowest BCUT2D eigenvalue weighted by Gasteiger charge is -2.15. The predicted octanol–water partition coefficient (Wildman–Crippen LogP) is 1.10. The number of aliphatic hydroxyl groups is 2. The summed E-state index contributed by atoms with van der Waals surface area (Å²) in [5.41, 5.74) is 0.521. The quantitative estimate of drug-likeness (QED) is 0.635. The Morgan fingerprint density at radius 1 is 1.30 bits per heavy atom. The van der Waals surface area contributed by atoms with Crippen molar-refractivity contribution in [2.45, 2.75) is 32.1 Å². The molecule has 20 heavy (non-hydrogen) atoms. The molecule has 0 fully saturated rings. The fourth-order valence-electron chi connectivity index (χ4n) is 1.36. The van der Waals surface area contributed by atoms with E-state index < -0.39 is 31.3 Å². The molecule has 0 radical (unpaired) electrons. The molecular formula is C15H25NO4. The van der Waals surface area contributed by atoms with Crippen LogP contribution >= 0.6 is 0 Å². The minimum Gasteiger partial charge on any atom is -0.491 e. The zero-order valence-electron chi connectivity index (χ0n) is 16.9. The third-order valence-corrected chi connectivity index (χ3v) is 2.33. The van der Waals surface area contributed by atoms with E-state index in [-0.39, 0.29) is 12.4 Å². The molecule has 2 atom stereocenters. The zero-order chi connectivity index (χ0) is 19.5. The van der Waals surface area contributed by atoms with Gasteiger partial charge in [0.15, 0.2) is 0 Å².